The molecule has 0 aliphatic carbocycles. The van der Waals surface area contributed by atoms with Gasteiger partial charge in [-0.2, -0.15) is 5.10 Å². The standard InChI is InChI=1S/C30H26ClN3O3S2/c1-3-15-37-26-14-11-21(16-25(26)31)28-22(19-34(32-28)23-7-5-4-6-8-23)17-27-29(35)33(30(38)39-27)18-20-9-12-24(36-2)13-10-20/h4-14,16-17,19H,3,15,18H2,1-2H3/b27-17-. The number of thioether (sulfide) groups is 1. The van der Waals surface area contributed by atoms with Gasteiger partial charge in [-0.05, 0) is 60.5 Å². The van der Waals surface area contributed by atoms with Crippen molar-refractivity contribution in [1.82, 2.24) is 14.7 Å². The van der Waals surface area contributed by atoms with Crippen LogP contribution in [0.1, 0.15) is 24.5 Å². The number of aromatic nitrogens is 2. The molecular weight excluding hydrogens is 550 g/mol. The minimum absolute atomic E-state index is 0.138. The monoisotopic (exact) mass is 575 g/mol. The molecule has 1 aliphatic heterocycles. The average Bonchev–Trinajstić information content (AvgIpc) is 3.49. The van der Waals surface area contributed by atoms with Gasteiger partial charge in [0, 0.05) is 17.3 Å². The second-order valence-electron chi connectivity index (χ2n) is 8.82. The van der Waals surface area contributed by atoms with Gasteiger partial charge in [0.05, 0.1) is 35.9 Å². The molecular formula is C30H26ClN3O3S2. The predicted molar refractivity (Wildman–Crippen MR) is 162 cm³/mol. The van der Waals surface area contributed by atoms with Crippen LogP contribution in [-0.2, 0) is 11.3 Å². The van der Waals surface area contributed by atoms with Gasteiger partial charge in [-0.15, -0.1) is 0 Å². The van der Waals surface area contributed by atoms with E-state index in [4.69, 9.17) is 38.4 Å². The third kappa shape index (κ3) is 6.03. The molecule has 0 N–H and O–H groups in total. The predicted octanol–water partition coefficient (Wildman–Crippen LogP) is 7.39. The summed E-state index contributed by atoms with van der Waals surface area (Å²) < 4.78 is 13.3. The molecule has 1 aromatic heterocycles. The summed E-state index contributed by atoms with van der Waals surface area (Å²) >= 11 is 13.4. The fourth-order valence-corrected chi connectivity index (χ4v) is 5.58. The molecule has 4 aromatic rings. The number of carbonyl (C=O) groups is 1. The van der Waals surface area contributed by atoms with E-state index in [9.17, 15) is 4.79 Å². The number of ether oxygens (including phenoxy) is 2. The smallest absolute Gasteiger partial charge is 0.266 e. The summed E-state index contributed by atoms with van der Waals surface area (Å²) in [5.74, 6) is 1.25. The third-order valence-electron chi connectivity index (χ3n) is 6.09. The number of carbonyl (C=O) groups excluding carboxylic acids is 1. The highest BCUT2D eigenvalue weighted by molar-refractivity contribution is 8.26. The van der Waals surface area contributed by atoms with Crippen LogP contribution in [-0.4, -0.2) is 38.6 Å². The highest BCUT2D eigenvalue weighted by atomic mass is 35.5. The average molecular weight is 576 g/mol. The Kier molecular flexibility index (Phi) is 8.35. The fraction of sp³-hybridized carbons (Fsp3) is 0.167. The van der Waals surface area contributed by atoms with Crippen LogP contribution in [0.5, 0.6) is 11.5 Å². The zero-order valence-electron chi connectivity index (χ0n) is 21.5. The molecule has 6 nitrogen and oxygen atoms in total. The van der Waals surface area contributed by atoms with Crippen molar-refractivity contribution in [3.05, 3.63) is 100 Å². The van der Waals surface area contributed by atoms with Gasteiger partial charge < -0.3 is 9.47 Å². The largest absolute Gasteiger partial charge is 0.497 e. The van der Waals surface area contributed by atoms with E-state index >= 15 is 0 Å². The van der Waals surface area contributed by atoms with Crippen molar-refractivity contribution in [3.8, 4) is 28.4 Å². The summed E-state index contributed by atoms with van der Waals surface area (Å²) in [6.07, 6.45) is 4.65. The summed E-state index contributed by atoms with van der Waals surface area (Å²) in [6, 6.07) is 23.1. The number of thiocarbonyl (C=S) groups is 1. The number of para-hydroxylation sites is 1. The molecule has 1 aliphatic rings. The third-order valence-corrected chi connectivity index (χ3v) is 7.76. The first-order chi connectivity index (χ1) is 19.0. The second-order valence-corrected chi connectivity index (χ2v) is 10.9. The Hall–Kier alpha value is -3.59. The molecule has 9 heteroatoms. The normalized spacial score (nSPS) is 14.3. The van der Waals surface area contributed by atoms with Crippen LogP contribution < -0.4 is 9.47 Å². The number of hydrogen-bond donors (Lipinski definition) is 0. The van der Waals surface area contributed by atoms with Crippen molar-refractivity contribution in [2.24, 2.45) is 0 Å². The van der Waals surface area contributed by atoms with Crippen LogP contribution in [0.3, 0.4) is 0 Å². The summed E-state index contributed by atoms with van der Waals surface area (Å²) in [7, 11) is 1.62. The lowest BCUT2D eigenvalue weighted by molar-refractivity contribution is -0.122. The molecule has 0 unspecified atom stereocenters. The lowest BCUT2D eigenvalue weighted by Crippen LogP contribution is -2.27. The quantitative estimate of drug-likeness (QED) is 0.153. The number of halogens is 1. The van der Waals surface area contributed by atoms with Crippen molar-refractivity contribution in [2.75, 3.05) is 13.7 Å². The van der Waals surface area contributed by atoms with Crippen LogP contribution in [0, 0.1) is 0 Å². The second kappa shape index (κ2) is 12.1. The molecule has 1 saturated heterocycles. The Morgan fingerprint density at radius 2 is 1.85 bits per heavy atom. The molecule has 0 spiro atoms. The summed E-state index contributed by atoms with van der Waals surface area (Å²) in [5.41, 5.74) is 4.16. The maximum Gasteiger partial charge on any atom is 0.266 e. The van der Waals surface area contributed by atoms with E-state index < -0.39 is 0 Å². The van der Waals surface area contributed by atoms with Gasteiger partial charge in [-0.25, -0.2) is 4.68 Å². The molecule has 2 heterocycles. The van der Waals surface area contributed by atoms with E-state index in [1.165, 1.54) is 11.8 Å². The van der Waals surface area contributed by atoms with E-state index in [0.717, 1.165) is 34.5 Å². The van der Waals surface area contributed by atoms with Crippen LogP contribution in [0.2, 0.25) is 5.02 Å². The highest BCUT2D eigenvalue weighted by Crippen LogP contribution is 2.37. The van der Waals surface area contributed by atoms with Crippen LogP contribution in [0.4, 0.5) is 0 Å². The molecule has 198 valence electrons. The molecule has 1 fully saturated rings. The van der Waals surface area contributed by atoms with Gasteiger partial charge in [-0.3, -0.25) is 9.69 Å². The van der Waals surface area contributed by atoms with Gasteiger partial charge in [0.2, 0.25) is 0 Å². The molecule has 5 rings (SSSR count). The van der Waals surface area contributed by atoms with Crippen LogP contribution in [0.25, 0.3) is 23.0 Å². The number of nitrogens with zero attached hydrogens (tertiary/aromatic N) is 3. The molecule has 39 heavy (non-hydrogen) atoms. The van der Waals surface area contributed by atoms with Gasteiger partial charge in [0.1, 0.15) is 21.5 Å². The topological polar surface area (TPSA) is 56.6 Å². The number of rotatable bonds is 9. The maximum absolute atomic E-state index is 13.4. The number of methoxy groups -OCH3 is 1. The number of hydrogen-bond acceptors (Lipinski definition) is 6. The van der Waals surface area contributed by atoms with Gasteiger partial charge >= 0.3 is 0 Å². The molecule has 0 radical (unpaired) electrons. The minimum atomic E-state index is -0.138. The molecule has 0 saturated carbocycles. The Morgan fingerprint density at radius 1 is 1.08 bits per heavy atom. The Morgan fingerprint density at radius 3 is 2.54 bits per heavy atom. The number of benzene rings is 3. The SMILES string of the molecule is CCCOc1ccc(-c2nn(-c3ccccc3)cc2/C=C2\SC(=S)N(Cc3ccc(OC)cc3)C2=O)cc1Cl. The number of amides is 1. The van der Waals surface area contributed by atoms with Crippen LogP contribution >= 0.6 is 35.6 Å². The molecule has 0 bridgehead atoms. The molecule has 1 amide bonds. The Labute approximate surface area is 242 Å². The van der Waals surface area contributed by atoms with Crippen molar-refractivity contribution in [1.29, 1.82) is 0 Å². The first-order valence-electron chi connectivity index (χ1n) is 12.4. The van der Waals surface area contributed by atoms with E-state index in [2.05, 4.69) is 0 Å². The first-order valence-corrected chi connectivity index (χ1v) is 14.0. The Balaban J connectivity index is 1.49. The van der Waals surface area contributed by atoms with E-state index in [0.29, 0.717) is 38.8 Å². The van der Waals surface area contributed by atoms with Crippen molar-refractivity contribution in [2.45, 2.75) is 19.9 Å². The Bertz CT molecular complexity index is 1540. The highest BCUT2D eigenvalue weighted by Gasteiger charge is 2.32. The zero-order valence-corrected chi connectivity index (χ0v) is 23.9. The van der Waals surface area contributed by atoms with Crippen LogP contribution in [0.15, 0.2) is 83.9 Å². The summed E-state index contributed by atoms with van der Waals surface area (Å²) in [6.45, 7) is 3.02. The van der Waals surface area contributed by atoms with Gasteiger partial charge in [0.15, 0.2) is 0 Å². The fourth-order valence-electron chi connectivity index (χ4n) is 4.10. The summed E-state index contributed by atoms with van der Waals surface area (Å²) in [4.78, 5) is 15.6. The zero-order chi connectivity index (χ0) is 27.4. The molecule has 0 atom stereocenters. The lowest BCUT2D eigenvalue weighted by Gasteiger charge is -2.14. The summed E-state index contributed by atoms with van der Waals surface area (Å²) in [5, 5.41) is 5.37. The van der Waals surface area contributed by atoms with Crippen molar-refractivity contribution >= 4 is 51.9 Å². The first kappa shape index (κ1) is 27.0. The van der Waals surface area contributed by atoms with Crippen molar-refractivity contribution in [3.63, 3.8) is 0 Å². The van der Waals surface area contributed by atoms with E-state index in [1.54, 1.807) is 16.7 Å². The van der Waals surface area contributed by atoms with Crippen molar-refractivity contribution < 1.29 is 14.3 Å². The van der Waals surface area contributed by atoms with Gasteiger partial charge in [0.25, 0.3) is 5.91 Å². The molecule has 3 aromatic carbocycles. The lowest BCUT2D eigenvalue weighted by atomic mass is 10.1. The van der Waals surface area contributed by atoms with Gasteiger partial charge in [-0.1, -0.05) is 72.8 Å². The van der Waals surface area contributed by atoms with E-state index in [1.807, 2.05) is 92.0 Å². The minimum Gasteiger partial charge on any atom is -0.497 e. The maximum atomic E-state index is 13.4. The van der Waals surface area contributed by atoms with E-state index in [-0.39, 0.29) is 5.91 Å².